The number of rotatable bonds is 2. The highest BCUT2D eigenvalue weighted by Gasteiger charge is 2.65. The molecule has 5 heteroatoms. The van der Waals surface area contributed by atoms with E-state index in [1.54, 1.807) is 31.4 Å². The molecule has 19 heavy (non-hydrogen) atoms. The van der Waals surface area contributed by atoms with Crippen LogP contribution in [0.3, 0.4) is 0 Å². The number of hydrogen-bond acceptors (Lipinski definition) is 2. The number of pyridine rings is 1. The SMILES string of the molecule is COc1ccc2nc(C3(C(F)(F)F)CC3)ccc2c1. The molecule has 0 N–H and O–H groups in total. The Morgan fingerprint density at radius 2 is 1.89 bits per heavy atom. The van der Waals surface area contributed by atoms with Crippen molar-refractivity contribution < 1.29 is 17.9 Å². The van der Waals surface area contributed by atoms with E-state index in [0.717, 1.165) is 5.39 Å². The number of hydrogen-bond donors (Lipinski definition) is 0. The van der Waals surface area contributed by atoms with Crippen LogP contribution in [0.15, 0.2) is 30.3 Å². The topological polar surface area (TPSA) is 22.1 Å². The van der Waals surface area contributed by atoms with Crippen LogP contribution in [0.2, 0.25) is 0 Å². The summed E-state index contributed by atoms with van der Waals surface area (Å²) in [5.41, 5.74) is -1.03. The van der Waals surface area contributed by atoms with E-state index in [0.29, 0.717) is 11.3 Å². The van der Waals surface area contributed by atoms with Gasteiger partial charge in [-0.25, -0.2) is 0 Å². The molecule has 0 spiro atoms. The van der Waals surface area contributed by atoms with E-state index in [2.05, 4.69) is 4.98 Å². The van der Waals surface area contributed by atoms with Gasteiger partial charge in [-0.15, -0.1) is 0 Å². The van der Waals surface area contributed by atoms with Gasteiger partial charge in [0, 0.05) is 5.39 Å². The van der Waals surface area contributed by atoms with Gasteiger partial charge in [0.25, 0.3) is 0 Å². The number of nitrogens with zero attached hydrogens (tertiary/aromatic N) is 1. The molecule has 1 aromatic heterocycles. The van der Waals surface area contributed by atoms with Crippen LogP contribution in [-0.4, -0.2) is 18.3 Å². The van der Waals surface area contributed by atoms with Crippen molar-refractivity contribution in [2.24, 2.45) is 0 Å². The first-order valence-corrected chi connectivity index (χ1v) is 5.98. The molecular weight excluding hydrogens is 255 g/mol. The summed E-state index contributed by atoms with van der Waals surface area (Å²) in [7, 11) is 1.55. The average molecular weight is 267 g/mol. The molecule has 3 rings (SSSR count). The summed E-state index contributed by atoms with van der Waals surface area (Å²) in [6.07, 6.45) is -3.96. The smallest absolute Gasteiger partial charge is 0.399 e. The second-order valence-corrected chi connectivity index (χ2v) is 4.83. The lowest BCUT2D eigenvalue weighted by atomic mass is 10.00. The third-order valence-corrected chi connectivity index (χ3v) is 3.68. The number of methoxy groups -OCH3 is 1. The van der Waals surface area contributed by atoms with Crippen LogP contribution >= 0.6 is 0 Å². The van der Waals surface area contributed by atoms with Crippen molar-refractivity contribution in [1.82, 2.24) is 4.98 Å². The monoisotopic (exact) mass is 267 g/mol. The molecule has 0 bridgehead atoms. The van der Waals surface area contributed by atoms with Crippen molar-refractivity contribution >= 4 is 10.9 Å². The first-order valence-electron chi connectivity index (χ1n) is 5.98. The van der Waals surface area contributed by atoms with Crippen LogP contribution in [-0.2, 0) is 5.41 Å². The first-order chi connectivity index (χ1) is 8.96. The molecule has 1 aliphatic carbocycles. The molecule has 0 atom stereocenters. The van der Waals surface area contributed by atoms with E-state index in [1.165, 1.54) is 6.07 Å². The average Bonchev–Trinajstić information content (AvgIpc) is 3.18. The molecule has 0 radical (unpaired) electrons. The second-order valence-electron chi connectivity index (χ2n) is 4.83. The van der Waals surface area contributed by atoms with E-state index >= 15 is 0 Å². The van der Waals surface area contributed by atoms with Crippen molar-refractivity contribution in [3.63, 3.8) is 0 Å². The lowest BCUT2D eigenvalue weighted by Crippen LogP contribution is -2.29. The van der Waals surface area contributed by atoms with E-state index in [9.17, 15) is 13.2 Å². The molecule has 0 amide bonds. The zero-order chi connectivity index (χ0) is 13.7. The number of halogens is 3. The molecule has 1 heterocycles. The lowest BCUT2D eigenvalue weighted by molar-refractivity contribution is -0.161. The molecule has 1 fully saturated rings. The molecule has 1 aliphatic rings. The molecule has 1 saturated carbocycles. The number of benzene rings is 1. The van der Waals surface area contributed by atoms with Gasteiger partial charge in [-0.2, -0.15) is 13.2 Å². The summed E-state index contributed by atoms with van der Waals surface area (Å²) in [5.74, 6) is 0.666. The first kappa shape index (κ1) is 12.3. The van der Waals surface area contributed by atoms with Gasteiger partial charge in [-0.05, 0) is 37.1 Å². The Bertz CT molecular complexity index is 632. The maximum Gasteiger partial charge on any atom is 0.399 e. The minimum Gasteiger partial charge on any atom is -0.497 e. The van der Waals surface area contributed by atoms with E-state index < -0.39 is 11.6 Å². The minimum absolute atomic E-state index is 0.123. The second kappa shape index (κ2) is 3.85. The number of ether oxygens (including phenoxy) is 1. The van der Waals surface area contributed by atoms with Crippen molar-refractivity contribution in [2.45, 2.75) is 24.4 Å². The molecule has 0 unspecified atom stereocenters. The molecule has 0 aliphatic heterocycles. The van der Waals surface area contributed by atoms with E-state index in [1.807, 2.05) is 0 Å². The van der Waals surface area contributed by atoms with Crippen molar-refractivity contribution in [2.75, 3.05) is 7.11 Å². The Kier molecular flexibility index (Phi) is 2.49. The van der Waals surface area contributed by atoms with Gasteiger partial charge in [-0.1, -0.05) is 6.07 Å². The summed E-state index contributed by atoms with van der Waals surface area (Å²) in [6, 6.07) is 8.30. The standard InChI is InChI=1S/C14H12F3NO/c1-19-10-3-4-11-9(8-10)2-5-12(18-11)13(6-7-13)14(15,16)17/h2-5,8H,6-7H2,1H3. The molecule has 2 aromatic rings. The number of alkyl halides is 3. The maximum absolute atomic E-state index is 13.0. The fourth-order valence-electron chi connectivity index (χ4n) is 2.31. The fraction of sp³-hybridized carbons (Fsp3) is 0.357. The predicted octanol–water partition coefficient (Wildman–Crippen LogP) is 3.84. The molecule has 100 valence electrons. The fourth-order valence-corrected chi connectivity index (χ4v) is 2.31. The van der Waals surface area contributed by atoms with Gasteiger partial charge >= 0.3 is 6.18 Å². The zero-order valence-electron chi connectivity index (χ0n) is 10.3. The van der Waals surface area contributed by atoms with Crippen molar-refractivity contribution in [1.29, 1.82) is 0 Å². The van der Waals surface area contributed by atoms with Gasteiger partial charge in [0.05, 0.1) is 18.3 Å². The Balaban J connectivity index is 2.08. The predicted molar refractivity (Wildman–Crippen MR) is 65.3 cm³/mol. The Hall–Kier alpha value is -1.78. The Morgan fingerprint density at radius 1 is 1.16 bits per heavy atom. The van der Waals surface area contributed by atoms with Crippen LogP contribution in [0.1, 0.15) is 18.5 Å². The zero-order valence-corrected chi connectivity index (χ0v) is 10.3. The highest BCUT2D eigenvalue weighted by Crippen LogP contribution is 2.58. The summed E-state index contributed by atoms with van der Waals surface area (Å²) in [4.78, 5) is 4.18. The largest absolute Gasteiger partial charge is 0.497 e. The van der Waals surface area contributed by atoms with Crippen molar-refractivity contribution in [3.05, 3.63) is 36.0 Å². The van der Waals surface area contributed by atoms with Crippen LogP contribution in [0.25, 0.3) is 10.9 Å². The van der Waals surface area contributed by atoms with E-state index in [-0.39, 0.29) is 18.5 Å². The van der Waals surface area contributed by atoms with Gasteiger partial charge in [0.2, 0.25) is 0 Å². The lowest BCUT2D eigenvalue weighted by Gasteiger charge is -2.18. The highest BCUT2D eigenvalue weighted by molar-refractivity contribution is 5.80. The molecule has 1 aromatic carbocycles. The van der Waals surface area contributed by atoms with Gasteiger partial charge < -0.3 is 4.74 Å². The Morgan fingerprint density at radius 3 is 2.47 bits per heavy atom. The van der Waals surface area contributed by atoms with Crippen LogP contribution < -0.4 is 4.74 Å². The van der Waals surface area contributed by atoms with Crippen LogP contribution in [0.4, 0.5) is 13.2 Å². The number of aromatic nitrogens is 1. The minimum atomic E-state index is -4.22. The van der Waals surface area contributed by atoms with Gasteiger partial charge in [0.15, 0.2) is 0 Å². The van der Waals surface area contributed by atoms with Crippen molar-refractivity contribution in [3.8, 4) is 5.75 Å². The molecule has 0 saturated heterocycles. The highest BCUT2D eigenvalue weighted by atomic mass is 19.4. The maximum atomic E-state index is 13.0. The summed E-state index contributed by atoms with van der Waals surface area (Å²) < 4.78 is 44.2. The van der Waals surface area contributed by atoms with Crippen LogP contribution in [0, 0.1) is 0 Å². The molecular formula is C14H12F3NO. The Labute approximate surface area is 108 Å². The van der Waals surface area contributed by atoms with Crippen LogP contribution in [0.5, 0.6) is 5.75 Å². The van der Waals surface area contributed by atoms with E-state index in [4.69, 9.17) is 4.74 Å². The number of fused-ring (bicyclic) bond motifs is 1. The summed E-state index contributed by atoms with van der Waals surface area (Å²) in [6.45, 7) is 0. The quantitative estimate of drug-likeness (QED) is 0.824. The summed E-state index contributed by atoms with van der Waals surface area (Å²) in [5, 5.41) is 0.779. The third-order valence-electron chi connectivity index (χ3n) is 3.68. The van der Waals surface area contributed by atoms with Gasteiger partial charge in [-0.3, -0.25) is 4.98 Å². The third kappa shape index (κ3) is 1.84. The normalized spacial score (nSPS) is 17.5. The molecule has 2 nitrogen and oxygen atoms in total. The summed E-state index contributed by atoms with van der Waals surface area (Å²) >= 11 is 0. The van der Waals surface area contributed by atoms with Gasteiger partial charge in [0.1, 0.15) is 11.2 Å².